The van der Waals surface area contributed by atoms with Crippen LogP contribution in [0.15, 0.2) is 6.07 Å². The zero-order chi connectivity index (χ0) is 11.8. The van der Waals surface area contributed by atoms with Gasteiger partial charge in [-0.2, -0.15) is 4.98 Å². The minimum absolute atomic E-state index is 0.283. The van der Waals surface area contributed by atoms with Crippen molar-refractivity contribution in [3.8, 4) is 5.88 Å². The molecule has 16 heavy (non-hydrogen) atoms. The fraction of sp³-hybridized carbons (Fsp3) is 0.667. The molecule has 0 atom stereocenters. The van der Waals surface area contributed by atoms with Crippen molar-refractivity contribution in [3.05, 3.63) is 17.6 Å². The third-order valence-electron chi connectivity index (χ3n) is 2.24. The summed E-state index contributed by atoms with van der Waals surface area (Å²) < 4.78 is 5.53. The van der Waals surface area contributed by atoms with Crippen LogP contribution in [0.25, 0.3) is 0 Å². The van der Waals surface area contributed by atoms with Gasteiger partial charge in [0, 0.05) is 18.4 Å². The number of ether oxygens (including phenoxy) is 1. The molecule has 1 aromatic rings. The molecule has 0 bridgehead atoms. The van der Waals surface area contributed by atoms with Crippen molar-refractivity contribution < 1.29 is 9.84 Å². The van der Waals surface area contributed by atoms with Crippen molar-refractivity contribution in [3.63, 3.8) is 0 Å². The summed E-state index contributed by atoms with van der Waals surface area (Å²) in [5.74, 6) is 1.41. The average Bonchev–Trinajstić information content (AvgIpc) is 2.22. The Kier molecular flexibility index (Phi) is 5.78. The quantitative estimate of drug-likeness (QED) is 0.720. The lowest BCUT2D eigenvalue weighted by Crippen LogP contribution is -2.02. The highest BCUT2D eigenvalue weighted by atomic mass is 16.5. The second-order valence-corrected chi connectivity index (χ2v) is 3.88. The number of hydrogen-bond acceptors (Lipinski definition) is 4. The van der Waals surface area contributed by atoms with E-state index in [1.54, 1.807) is 0 Å². The van der Waals surface area contributed by atoms with Crippen LogP contribution in [-0.4, -0.2) is 28.3 Å². The molecule has 0 fully saturated rings. The molecule has 0 saturated carbocycles. The van der Waals surface area contributed by atoms with E-state index in [0.717, 1.165) is 37.2 Å². The van der Waals surface area contributed by atoms with Crippen LogP contribution in [0.2, 0.25) is 0 Å². The number of rotatable bonds is 7. The monoisotopic (exact) mass is 224 g/mol. The van der Waals surface area contributed by atoms with Crippen molar-refractivity contribution in [1.82, 2.24) is 9.97 Å². The Labute approximate surface area is 96.7 Å². The van der Waals surface area contributed by atoms with Crippen LogP contribution in [-0.2, 0) is 0 Å². The third-order valence-corrected chi connectivity index (χ3v) is 2.24. The fourth-order valence-electron chi connectivity index (χ4n) is 1.50. The van der Waals surface area contributed by atoms with Crippen LogP contribution < -0.4 is 4.74 Å². The van der Waals surface area contributed by atoms with Crippen LogP contribution in [0.5, 0.6) is 5.88 Å². The van der Waals surface area contributed by atoms with Crippen molar-refractivity contribution in [2.24, 2.45) is 0 Å². The molecule has 0 unspecified atom stereocenters. The van der Waals surface area contributed by atoms with E-state index in [-0.39, 0.29) is 6.61 Å². The van der Waals surface area contributed by atoms with E-state index in [1.807, 2.05) is 19.9 Å². The molecule has 1 rings (SSSR count). The molecule has 0 radical (unpaired) electrons. The largest absolute Gasteiger partial charge is 0.478 e. The molecule has 0 aliphatic rings. The van der Waals surface area contributed by atoms with E-state index in [0.29, 0.717) is 12.5 Å². The Morgan fingerprint density at radius 2 is 1.88 bits per heavy atom. The van der Waals surface area contributed by atoms with Gasteiger partial charge in [-0.25, -0.2) is 4.98 Å². The number of aliphatic hydroxyl groups excluding tert-OH is 1. The Balaban J connectivity index is 2.21. The Bertz CT molecular complexity index is 296. The summed E-state index contributed by atoms with van der Waals surface area (Å²) in [6.45, 7) is 4.76. The van der Waals surface area contributed by atoms with Crippen molar-refractivity contribution in [2.75, 3.05) is 13.2 Å². The summed E-state index contributed by atoms with van der Waals surface area (Å²) in [6, 6.07) is 1.85. The molecular weight excluding hydrogens is 204 g/mol. The minimum atomic E-state index is 0.283. The third kappa shape index (κ3) is 5.07. The predicted octanol–water partition coefficient (Wildman–Crippen LogP) is 2.02. The molecule has 0 aromatic carbocycles. The van der Waals surface area contributed by atoms with Crippen LogP contribution in [0, 0.1) is 13.8 Å². The van der Waals surface area contributed by atoms with Gasteiger partial charge in [-0.3, -0.25) is 0 Å². The molecule has 0 spiro atoms. The van der Waals surface area contributed by atoms with Gasteiger partial charge < -0.3 is 9.84 Å². The van der Waals surface area contributed by atoms with Crippen molar-refractivity contribution in [2.45, 2.75) is 39.5 Å². The highest BCUT2D eigenvalue weighted by Crippen LogP contribution is 2.09. The van der Waals surface area contributed by atoms with Gasteiger partial charge in [0.1, 0.15) is 5.82 Å². The van der Waals surface area contributed by atoms with Crippen LogP contribution >= 0.6 is 0 Å². The highest BCUT2D eigenvalue weighted by Gasteiger charge is 1.99. The maximum absolute atomic E-state index is 8.61. The van der Waals surface area contributed by atoms with Gasteiger partial charge in [-0.05, 0) is 33.1 Å². The number of aryl methyl sites for hydroxylation is 2. The first-order chi connectivity index (χ1) is 7.72. The molecule has 1 heterocycles. The molecular formula is C12H20N2O2. The molecule has 4 nitrogen and oxygen atoms in total. The van der Waals surface area contributed by atoms with Crippen molar-refractivity contribution >= 4 is 0 Å². The standard InChI is InChI=1S/C12H20N2O2/c1-10-9-12(14-11(2)13-10)16-8-6-4-3-5-7-15/h9,15H,3-8H2,1-2H3. The molecule has 1 aromatic heterocycles. The van der Waals surface area contributed by atoms with E-state index in [2.05, 4.69) is 9.97 Å². The first-order valence-electron chi connectivity index (χ1n) is 5.78. The molecule has 0 aliphatic carbocycles. The van der Waals surface area contributed by atoms with E-state index in [1.165, 1.54) is 0 Å². The number of aliphatic hydroxyl groups is 1. The number of aromatic nitrogens is 2. The van der Waals surface area contributed by atoms with Gasteiger partial charge >= 0.3 is 0 Å². The first-order valence-corrected chi connectivity index (χ1v) is 5.78. The van der Waals surface area contributed by atoms with Crippen LogP contribution in [0.3, 0.4) is 0 Å². The van der Waals surface area contributed by atoms with E-state index < -0.39 is 0 Å². The molecule has 90 valence electrons. The number of unbranched alkanes of at least 4 members (excludes halogenated alkanes) is 3. The average molecular weight is 224 g/mol. The first kappa shape index (κ1) is 12.9. The summed E-state index contributed by atoms with van der Waals surface area (Å²) in [5.41, 5.74) is 0.933. The molecule has 0 amide bonds. The Morgan fingerprint density at radius 3 is 2.56 bits per heavy atom. The predicted molar refractivity (Wildman–Crippen MR) is 62.6 cm³/mol. The summed E-state index contributed by atoms with van der Waals surface area (Å²) >= 11 is 0. The maximum atomic E-state index is 8.61. The molecule has 0 aliphatic heterocycles. The van der Waals surface area contributed by atoms with Crippen LogP contribution in [0.4, 0.5) is 0 Å². The van der Waals surface area contributed by atoms with E-state index in [4.69, 9.17) is 9.84 Å². The lowest BCUT2D eigenvalue weighted by Gasteiger charge is -2.06. The smallest absolute Gasteiger partial charge is 0.216 e. The normalized spacial score (nSPS) is 10.4. The molecule has 4 heteroatoms. The summed E-state index contributed by atoms with van der Waals surface area (Å²) in [4.78, 5) is 8.38. The summed E-state index contributed by atoms with van der Waals surface area (Å²) in [7, 11) is 0. The van der Waals surface area contributed by atoms with Crippen molar-refractivity contribution in [1.29, 1.82) is 0 Å². The summed E-state index contributed by atoms with van der Waals surface area (Å²) in [6.07, 6.45) is 4.03. The molecule has 1 N–H and O–H groups in total. The lowest BCUT2D eigenvalue weighted by molar-refractivity contribution is 0.270. The fourth-order valence-corrected chi connectivity index (χ4v) is 1.50. The number of nitrogens with zero attached hydrogens (tertiary/aromatic N) is 2. The SMILES string of the molecule is Cc1cc(OCCCCCCO)nc(C)n1. The number of hydrogen-bond donors (Lipinski definition) is 1. The van der Waals surface area contributed by atoms with E-state index in [9.17, 15) is 0 Å². The van der Waals surface area contributed by atoms with E-state index >= 15 is 0 Å². The second kappa shape index (κ2) is 7.17. The van der Waals surface area contributed by atoms with Gasteiger partial charge in [0.25, 0.3) is 0 Å². The lowest BCUT2D eigenvalue weighted by atomic mass is 10.2. The minimum Gasteiger partial charge on any atom is -0.478 e. The molecule has 0 saturated heterocycles. The topological polar surface area (TPSA) is 55.2 Å². The highest BCUT2D eigenvalue weighted by molar-refractivity contribution is 5.14. The van der Waals surface area contributed by atoms with Crippen LogP contribution in [0.1, 0.15) is 37.2 Å². The second-order valence-electron chi connectivity index (χ2n) is 3.88. The van der Waals surface area contributed by atoms with Gasteiger partial charge in [-0.15, -0.1) is 0 Å². The zero-order valence-corrected chi connectivity index (χ0v) is 10.1. The Hall–Kier alpha value is -1.16. The van der Waals surface area contributed by atoms with Gasteiger partial charge in [0.15, 0.2) is 0 Å². The maximum Gasteiger partial charge on any atom is 0.216 e. The van der Waals surface area contributed by atoms with Gasteiger partial charge in [0.2, 0.25) is 5.88 Å². The summed E-state index contributed by atoms with van der Waals surface area (Å²) in [5, 5.41) is 8.61. The zero-order valence-electron chi connectivity index (χ0n) is 10.1. The Morgan fingerprint density at radius 1 is 1.12 bits per heavy atom. The van der Waals surface area contributed by atoms with Gasteiger partial charge in [-0.1, -0.05) is 6.42 Å². The van der Waals surface area contributed by atoms with Gasteiger partial charge in [0.05, 0.1) is 6.61 Å².